The van der Waals surface area contributed by atoms with E-state index in [9.17, 15) is 13.2 Å². The molecule has 0 spiro atoms. The summed E-state index contributed by atoms with van der Waals surface area (Å²) < 4.78 is 33.8. The molecule has 1 amide bonds. The number of carbonyl (C=O) groups is 1. The quantitative estimate of drug-likeness (QED) is 0.703. The van der Waals surface area contributed by atoms with Gasteiger partial charge in [0.15, 0.2) is 0 Å². The van der Waals surface area contributed by atoms with E-state index >= 15 is 0 Å². The fourth-order valence-corrected chi connectivity index (χ4v) is 4.99. The molecule has 2 atom stereocenters. The Morgan fingerprint density at radius 3 is 2.20 bits per heavy atom. The number of anilines is 1. The summed E-state index contributed by atoms with van der Waals surface area (Å²) in [6.45, 7) is 8.85. The number of amides is 1. The predicted molar refractivity (Wildman–Crippen MR) is 118 cm³/mol. The first kappa shape index (κ1) is 22.3. The van der Waals surface area contributed by atoms with E-state index in [0.29, 0.717) is 18.8 Å². The van der Waals surface area contributed by atoms with Gasteiger partial charge in [-0.2, -0.15) is 0 Å². The molecule has 30 heavy (non-hydrogen) atoms. The molecule has 0 aliphatic carbocycles. The van der Waals surface area contributed by atoms with Crippen LogP contribution in [0.5, 0.6) is 0 Å². The number of aryl methyl sites for hydroxylation is 2. The van der Waals surface area contributed by atoms with Crippen LogP contribution in [0.15, 0.2) is 53.4 Å². The second kappa shape index (κ2) is 9.18. The van der Waals surface area contributed by atoms with E-state index < -0.39 is 10.0 Å². The molecule has 2 aromatic carbocycles. The zero-order valence-electron chi connectivity index (χ0n) is 18.0. The molecule has 1 saturated heterocycles. The number of nitrogens with zero attached hydrogens (tertiary/aromatic N) is 2. The summed E-state index contributed by atoms with van der Waals surface area (Å²) in [6.07, 6.45) is 0.0883. The van der Waals surface area contributed by atoms with Crippen molar-refractivity contribution in [1.29, 1.82) is 0 Å². The fraction of sp³-hybridized carbons (Fsp3) is 0.435. The number of morpholine rings is 1. The standard InChI is InChI=1S/C23H30N2O4S/c1-17-5-9-21(10-6-17)25(30(27,28)22-11-7-18(2)8-12-22)14-13-23(26)24-15-20(4)29-16-19(24)3/h5-12,19-20H,13-16H2,1-4H3. The average molecular weight is 431 g/mol. The minimum Gasteiger partial charge on any atom is -0.375 e. The molecule has 0 aromatic heterocycles. The Morgan fingerprint density at radius 2 is 1.60 bits per heavy atom. The Balaban J connectivity index is 1.86. The van der Waals surface area contributed by atoms with E-state index in [2.05, 4.69) is 0 Å². The topological polar surface area (TPSA) is 66.9 Å². The maximum absolute atomic E-state index is 13.4. The first-order valence-electron chi connectivity index (χ1n) is 10.3. The molecular weight excluding hydrogens is 400 g/mol. The van der Waals surface area contributed by atoms with Crippen LogP contribution in [0.1, 0.15) is 31.4 Å². The van der Waals surface area contributed by atoms with Gasteiger partial charge in [0.25, 0.3) is 10.0 Å². The largest absolute Gasteiger partial charge is 0.375 e. The van der Waals surface area contributed by atoms with E-state index in [-0.39, 0.29) is 35.9 Å². The Hall–Kier alpha value is -2.38. The number of sulfonamides is 1. The van der Waals surface area contributed by atoms with Gasteiger partial charge in [0.05, 0.1) is 29.3 Å². The summed E-state index contributed by atoms with van der Waals surface area (Å²) in [4.78, 5) is 14.9. The zero-order chi connectivity index (χ0) is 21.9. The van der Waals surface area contributed by atoms with E-state index in [1.807, 2.05) is 39.8 Å². The van der Waals surface area contributed by atoms with Crippen LogP contribution >= 0.6 is 0 Å². The molecule has 0 saturated carbocycles. The Kier molecular flexibility index (Phi) is 6.83. The molecule has 1 aliphatic rings. The molecule has 7 heteroatoms. The third kappa shape index (κ3) is 5.02. The maximum Gasteiger partial charge on any atom is 0.264 e. The van der Waals surface area contributed by atoms with Gasteiger partial charge in [-0.1, -0.05) is 35.4 Å². The van der Waals surface area contributed by atoms with Crippen LogP contribution < -0.4 is 4.31 Å². The molecular formula is C23H30N2O4S. The summed E-state index contributed by atoms with van der Waals surface area (Å²) in [5.74, 6) is -0.0612. The number of ether oxygens (including phenoxy) is 1. The molecule has 0 radical (unpaired) electrons. The fourth-order valence-electron chi connectivity index (χ4n) is 3.53. The Morgan fingerprint density at radius 1 is 1.03 bits per heavy atom. The van der Waals surface area contributed by atoms with Crippen molar-refractivity contribution in [2.24, 2.45) is 0 Å². The van der Waals surface area contributed by atoms with Crippen LogP contribution in [0, 0.1) is 13.8 Å². The van der Waals surface area contributed by atoms with Crippen LogP contribution in [-0.2, 0) is 19.6 Å². The van der Waals surface area contributed by atoms with Gasteiger partial charge >= 0.3 is 0 Å². The van der Waals surface area contributed by atoms with Gasteiger partial charge in [-0.25, -0.2) is 8.42 Å². The molecule has 1 heterocycles. The van der Waals surface area contributed by atoms with Crippen LogP contribution in [0.25, 0.3) is 0 Å². The molecule has 1 aliphatic heterocycles. The van der Waals surface area contributed by atoms with Crippen molar-refractivity contribution in [3.63, 3.8) is 0 Å². The highest BCUT2D eigenvalue weighted by molar-refractivity contribution is 7.92. The lowest BCUT2D eigenvalue weighted by Gasteiger charge is -2.37. The lowest BCUT2D eigenvalue weighted by Crippen LogP contribution is -2.50. The van der Waals surface area contributed by atoms with Gasteiger partial charge in [-0.15, -0.1) is 0 Å². The number of hydrogen-bond donors (Lipinski definition) is 0. The highest BCUT2D eigenvalue weighted by atomic mass is 32.2. The second-order valence-corrected chi connectivity index (χ2v) is 9.88. The number of benzene rings is 2. The van der Waals surface area contributed by atoms with Crippen LogP contribution in [-0.4, -0.2) is 51.1 Å². The summed E-state index contributed by atoms with van der Waals surface area (Å²) >= 11 is 0. The Bertz CT molecular complexity index is 971. The van der Waals surface area contributed by atoms with Gasteiger partial charge < -0.3 is 9.64 Å². The molecule has 3 rings (SSSR count). The molecule has 2 unspecified atom stereocenters. The van der Waals surface area contributed by atoms with Gasteiger partial charge in [-0.05, 0) is 52.0 Å². The van der Waals surface area contributed by atoms with E-state index in [0.717, 1.165) is 11.1 Å². The molecule has 1 fully saturated rings. The first-order valence-corrected chi connectivity index (χ1v) is 11.7. The van der Waals surface area contributed by atoms with Gasteiger partial charge in [0.2, 0.25) is 5.91 Å². The van der Waals surface area contributed by atoms with Crippen LogP contribution in [0.4, 0.5) is 5.69 Å². The maximum atomic E-state index is 13.4. The average Bonchev–Trinajstić information content (AvgIpc) is 2.71. The highest BCUT2D eigenvalue weighted by Crippen LogP contribution is 2.25. The monoisotopic (exact) mass is 430 g/mol. The molecule has 0 N–H and O–H groups in total. The smallest absolute Gasteiger partial charge is 0.264 e. The molecule has 0 bridgehead atoms. The first-order chi connectivity index (χ1) is 14.2. The minimum atomic E-state index is -3.80. The highest BCUT2D eigenvalue weighted by Gasteiger charge is 2.30. The number of carbonyl (C=O) groups excluding carboxylic acids is 1. The number of hydrogen-bond acceptors (Lipinski definition) is 4. The predicted octanol–water partition coefficient (Wildman–Crippen LogP) is 3.52. The lowest BCUT2D eigenvalue weighted by atomic mass is 10.2. The van der Waals surface area contributed by atoms with E-state index in [1.54, 1.807) is 41.3 Å². The Labute approximate surface area is 179 Å². The molecule has 2 aromatic rings. The molecule has 6 nitrogen and oxygen atoms in total. The van der Waals surface area contributed by atoms with Crippen molar-refractivity contribution in [2.75, 3.05) is 24.0 Å². The third-order valence-corrected chi connectivity index (χ3v) is 7.23. The summed E-state index contributed by atoms with van der Waals surface area (Å²) in [5, 5.41) is 0. The van der Waals surface area contributed by atoms with E-state index in [4.69, 9.17) is 4.74 Å². The summed E-state index contributed by atoms with van der Waals surface area (Å²) in [6, 6.07) is 14.1. The SMILES string of the molecule is Cc1ccc(N(CCC(=O)N2CC(C)OCC2C)S(=O)(=O)c2ccc(C)cc2)cc1. The van der Waals surface area contributed by atoms with E-state index in [1.165, 1.54) is 4.31 Å². The third-order valence-electron chi connectivity index (χ3n) is 5.39. The van der Waals surface area contributed by atoms with Crippen molar-refractivity contribution >= 4 is 21.6 Å². The summed E-state index contributed by atoms with van der Waals surface area (Å²) in [5.41, 5.74) is 2.58. The minimum absolute atomic E-state index is 0.0183. The van der Waals surface area contributed by atoms with Gasteiger partial charge in [0.1, 0.15) is 0 Å². The normalized spacial score (nSPS) is 19.5. The summed E-state index contributed by atoms with van der Waals surface area (Å²) in [7, 11) is -3.80. The zero-order valence-corrected chi connectivity index (χ0v) is 18.9. The van der Waals surface area contributed by atoms with Crippen molar-refractivity contribution in [3.8, 4) is 0 Å². The second-order valence-electron chi connectivity index (χ2n) is 8.01. The van der Waals surface area contributed by atoms with Gasteiger partial charge in [0, 0.05) is 19.5 Å². The van der Waals surface area contributed by atoms with Crippen LogP contribution in [0.2, 0.25) is 0 Å². The van der Waals surface area contributed by atoms with Crippen molar-refractivity contribution in [3.05, 3.63) is 59.7 Å². The lowest BCUT2D eigenvalue weighted by molar-refractivity contribution is -0.142. The number of rotatable bonds is 6. The molecule has 162 valence electrons. The van der Waals surface area contributed by atoms with Crippen molar-refractivity contribution in [1.82, 2.24) is 4.90 Å². The van der Waals surface area contributed by atoms with Crippen LogP contribution in [0.3, 0.4) is 0 Å². The van der Waals surface area contributed by atoms with Crippen molar-refractivity contribution in [2.45, 2.75) is 51.2 Å². The van der Waals surface area contributed by atoms with Gasteiger partial charge in [-0.3, -0.25) is 9.10 Å². The van der Waals surface area contributed by atoms with Crippen molar-refractivity contribution < 1.29 is 17.9 Å².